The van der Waals surface area contributed by atoms with Crippen LogP contribution in [0.3, 0.4) is 0 Å². The number of esters is 1. The molecule has 1 aliphatic heterocycles. The van der Waals surface area contributed by atoms with Crippen LogP contribution in [0, 0.1) is 23.7 Å². The van der Waals surface area contributed by atoms with Gasteiger partial charge in [0.15, 0.2) is 0 Å². The molecule has 3 aliphatic rings. The van der Waals surface area contributed by atoms with Gasteiger partial charge in [0, 0.05) is 6.92 Å². The van der Waals surface area contributed by atoms with Crippen LogP contribution in [-0.4, -0.2) is 26.3 Å². The fraction of sp³-hybridized carbons (Fsp3) is 0.833. The maximum atomic E-state index is 9.59. The Labute approximate surface area is 129 Å². The third kappa shape index (κ3) is 4.84. The lowest BCUT2D eigenvalue weighted by molar-refractivity contribution is -0.137. The second-order valence-corrected chi connectivity index (χ2v) is 6.94. The van der Waals surface area contributed by atoms with Gasteiger partial charge in [-0.3, -0.25) is 4.79 Å². The highest BCUT2D eigenvalue weighted by atomic mass is 16.5. The fourth-order valence-electron chi connectivity index (χ4n) is 3.92. The highest BCUT2D eigenvalue weighted by Gasteiger charge is 2.33. The molecule has 4 atom stereocenters. The normalized spacial score (nSPS) is 35.1. The third-order valence-electron chi connectivity index (χ3n) is 5.26. The molecule has 0 N–H and O–H groups in total. The monoisotopic (exact) mass is 294 g/mol. The van der Waals surface area contributed by atoms with Gasteiger partial charge in [0.2, 0.25) is 0 Å². The molecule has 1 saturated carbocycles. The van der Waals surface area contributed by atoms with Gasteiger partial charge in [-0.1, -0.05) is 31.4 Å². The van der Waals surface area contributed by atoms with E-state index in [1.165, 1.54) is 52.6 Å². The van der Waals surface area contributed by atoms with Crippen LogP contribution in [0.1, 0.15) is 52.4 Å². The predicted molar refractivity (Wildman–Crippen MR) is 83.9 cm³/mol. The number of carbonyl (C=O) groups is 1. The molecule has 0 spiro atoms. The molecular formula is C18H30O3. The van der Waals surface area contributed by atoms with E-state index >= 15 is 0 Å². The number of methoxy groups -OCH3 is 1. The first-order valence-electron chi connectivity index (χ1n) is 8.41. The van der Waals surface area contributed by atoms with Crippen LogP contribution in [0.15, 0.2) is 11.6 Å². The topological polar surface area (TPSA) is 35.5 Å². The molecule has 1 heterocycles. The summed E-state index contributed by atoms with van der Waals surface area (Å²) in [4.78, 5) is 9.59. The molecule has 21 heavy (non-hydrogen) atoms. The quantitative estimate of drug-likeness (QED) is 0.542. The first-order valence-corrected chi connectivity index (χ1v) is 8.41. The number of fused-ring (bicyclic) bond motifs is 1. The van der Waals surface area contributed by atoms with Gasteiger partial charge in [0.25, 0.3) is 0 Å². The molecule has 0 radical (unpaired) electrons. The van der Waals surface area contributed by atoms with Crippen LogP contribution in [0.5, 0.6) is 0 Å². The Morgan fingerprint density at radius 1 is 1.29 bits per heavy atom. The van der Waals surface area contributed by atoms with Gasteiger partial charge in [0.05, 0.1) is 20.3 Å². The zero-order chi connectivity index (χ0) is 15.2. The minimum absolute atomic E-state index is 0.245. The van der Waals surface area contributed by atoms with E-state index < -0.39 is 0 Å². The summed E-state index contributed by atoms with van der Waals surface area (Å²) in [7, 11) is 1.35. The van der Waals surface area contributed by atoms with Crippen molar-refractivity contribution in [1.29, 1.82) is 0 Å². The second kappa shape index (κ2) is 7.98. The van der Waals surface area contributed by atoms with E-state index in [4.69, 9.17) is 4.74 Å². The molecule has 0 aromatic heterocycles. The van der Waals surface area contributed by atoms with Crippen molar-refractivity contribution >= 4 is 5.97 Å². The van der Waals surface area contributed by atoms with Crippen LogP contribution in [0.2, 0.25) is 0 Å². The number of allylic oxidation sites excluding steroid dienone is 2. The Kier molecular flexibility index (Phi) is 6.28. The van der Waals surface area contributed by atoms with Gasteiger partial charge in [0.1, 0.15) is 0 Å². The molecule has 0 amide bonds. The third-order valence-corrected chi connectivity index (χ3v) is 5.26. The zero-order valence-electron chi connectivity index (χ0n) is 13.8. The number of ether oxygens (including phenoxy) is 2. The molecule has 1 unspecified atom stereocenters. The van der Waals surface area contributed by atoms with Crippen molar-refractivity contribution in [3.8, 4) is 0 Å². The minimum Gasteiger partial charge on any atom is -0.469 e. The number of rotatable bonds is 1. The maximum Gasteiger partial charge on any atom is 0.302 e. The van der Waals surface area contributed by atoms with Crippen LogP contribution in [-0.2, 0) is 14.3 Å². The van der Waals surface area contributed by atoms with Crippen molar-refractivity contribution in [3.05, 3.63) is 11.6 Å². The van der Waals surface area contributed by atoms with E-state index in [9.17, 15) is 4.79 Å². The minimum atomic E-state index is -0.245. The van der Waals surface area contributed by atoms with Crippen LogP contribution >= 0.6 is 0 Å². The van der Waals surface area contributed by atoms with E-state index in [0.717, 1.165) is 36.9 Å². The smallest absolute Gasteiger partial charge is 0.302 e. The van der Waals surface area contributed by atoms with Crippen molar-refractivity contribution in [2.24, 2.45) is 23.7 Å². The van der Waals surface area contributed by atoms with E-state index in [-0.39, 0.29) is 5.97 Å². The highest BCUT2D eigenvalue weighted by Crippen LogP contribution is 2.42. The standard InChI is InChI=1S/C15H24O.C3H6O2/c1-11-3-2-4-12(7-11)13-5-6-14-9-16-10-15(14)8-13;1-3(4)5-2/h5,11-12,14-15H,2-4,6-10H2,1H3;1-2H3/t11?,12-,14+,15-;/m1./s1. The first-order chi connectivity index (χ1) is 10.1. The van der Waals surface area contributed by atoms with Crippen molar-refractivity contribution in [1.82, 2.24) is 0 Å². The lowest BCUT2D eigenvalue weighted by atomic mass is 9.72. The van der Waals surface area contributed by atoms with Gasteiger partial charge >= 0.3 is 5.97 Å². The van der Waals surface area contributed by atoms with E-state index in [1.807, 2.05) is 0 Å². The summed E-state index contributed by atoms with van der Waals surface area (Å²) < 4.78 is 9.73. The molecule has 2 fully saturated rings. The molecule has 0 aromatic carbocycles. The SMILES string of the molecule is CC1CCC[C@@H](C2=CC[C@H]3COC[C@H]3C2)C1.COC(C)=O. The van der Waals surface area contributed by atoms with Gasteiger partial charge in [-0.25, -0.2) is 0 Å². The van der Waals surface area contributed by atoms with Gasteiger partial charge in [-0.05, 0) is 49.4 Å². The van der Waals surface area contributed by atoms with E-state index in [0.29, 0.717) is 0 Å². The summed E-state index contributed by atoms with van der Waals surface area (Å²) >= 11 is 0. The fourth-order valence-corrected chi connectivity index (χ4v) is 3.92. The summed E-state index contributed by atoms with van der Waals surface area (Å²) in [6, 6.07) is 0. The van der Waals surface area contributed by atoms with Crippen LogP contribution < -0.4 is 0 Å². The van der Waals surface area contributed by atoms with Crippen molar-refractivity contribution in [2.45, 2.75) is 52.4 Å². The first kappa shape index (κ1) is 16.5. The Hall–Kier alpha value is -0.830. The molecule has 3 nitrogen and oxygen atoms in total. The lowest BCUT2D eigenvalue weighted by Gasteiger charge is -2.33. The summed E-state index contributed by atoms with van der Waals surface area (Å²) in [5, 5.41) is 0. The number of hydrogen-bond acceptors (Lipinski definition) is 3. The summed E-state index contributed by atoms with van der Waals surface area (Å²) in [6.07, 6.45) is 11.0. The van der Waals surface area contributed by atoms with Crippen LogP contribution in [0.4, 0.5) is 0 Å². The maximum absolute atomic E-state index is 9.59. The molecule has 2 aliphatic carbocycles. The largest absolute Gasteiger partial charge is 0.469 e. The number of carbonyl (C=O) groups excluding carboxylic acids is 1. The second-order valence-electron chi connectivity index (χ2n) is 6.94. The highest BCUT2D eigenvalue weighted by molar-refractivity contribution is 5.65. The van der Waals surface area contributed by atoms with Crippen molar-refractivity contribution in [3.63, 3.8) is 0 Å². The van der Waals surface area contributed by atoms with Crippen molar-refractivity contribution in [2.75, 3.05) is 20.3 Å². The van der Waals surface area contributed by atoms with Gasteiger partial charge < -0.3 is 9.47 Å². The summed E-state index contributed by atoms with van der Waals surface area (Å²) in [5.74, 6) is 3.34. The summed E-state index contributed by atoms with van der Waals surface area (Å²) in [6.45, 7) is 5.84. The summed E-state index contributed by atoms with van der Waals surface area (Å²) in [5.41, 5.74) is 1.79. The molecule has 120 valence electrons. The zero-order valence-corrected chi connectivity index (χ0v) is 13.8. The predicted octanol–water partition coefficient (Wildman–Crippen LogP) is 3.97. The Bertz CT molecular complexity index is 375. The molecule has 0 aromatic rings. The molecule has 1 saturated heterocycles. The average molecular weight is 294 g/mol. The molecule has 3 heteroatoms. The van der Waals surface area contributed by atoms with Gasteiger partial charge in [-0.2, -0.15) is 0 Å². The Morgan fingerprint density at radius 2 is 2.00 bits per heavy atom. The van der Waals surface area contributed by atoms with E-state index in [1.54, 1.807) is 5.57 Å². The number of hydrogen-bond donors (Lipinski definition) is 0. The Morgan fingerprint density at radius 3 is 2.67 bits per heavy atom. The molecular weight excluding hydrogens is 264 g/mol. The Balaban J connectivity index is 0.000000282. The van der Waals surface area contributed by atoms with Crippen LogP contribution in [0.25, 0.3) is 0 Å². The van der Waals surface area contributed by atoms with Gasteiger partial charge in [-0.15, -0.1) is 0 Å². The van der Waals surface area contributed by atoms with E-state index in [2.05, 4.69) is 17.7 Å². The molecule has 3 rings (SSSR count). The molecule has 0 bridgehead atoms. The lowest BCUT2D eigenvalue weighted by Crippen LogP contribution is -2.23. The van der Waals surface area contributed by atoms with Crippen molar-refractivity contribution < 1.29 is 14.3 Å². The average Bonchev–Trinajstić information content (AvgIpc) is 2.95.